The number of sulfonamides is 1. The summed E-state index contributed by atoms with van der Waals surface area (Å²) in [7, 11) is -3.59. The van der Waals surface area contributed by atoms with Crippen LogP contribution in [0.3, 0.4) is 0 Å². The first-order valence-corrected chi connectivity index (χ1v) is 9.98. The minimum absolute atomic E-state index is 0.110. The fourth-order valence-electron chi connectivity index (χ4n) is 2.93. The van der Waals surface area contributed by atoms with Gasteiger partial charge in [0.25, 0.3) is 11.6 Å². The third kappa shape index (κ3) is 4.32. The average Bonchev–Trinajstić information content (AvgIpc) is 2.69. The van der Waals surface area contributed by atoms with Crippen LogP contribution in [0.2, 0.25) is 0 Å². The van der Waals surface area contributed by atoms with Crippen molar-refractivity contribution in [2.75, 3.05) is 18.4 Å². The van der Waals surface area contributed by atoms with E-state index >= 15 is 0 Å². The molecule has 0 aromatic heterocycles. The van der Waals surface area contributed by atoms with E-state index < -0.39 is 20.9 Å². The Morgan fingerprint density at radius 2 is 1.70 bits per heavy atom. The van der Waals surface area contributed by atoms with Crippen molar-refractivity contribution < 1.29 is 18.1 Å². The van der Waals surface area contributed by atoms with Crippen molar-refractivity contribution in [3.8, 4) is 0 Å². The number of anilines is 1. The van der Waals surface area contributed by atoms with Crippen molar-refractivity contribution in [3.63, 3.8) is 0 Å². The summed E-state index contributed by atoms with van der Waals surface area (Å²) in [6, 6.07) is 11.3. The van der Waals surface area contributed by atoms with E-state index in [4.69, 9.17) is 0 Å². The van der Waals surface area contributed by atoms with Crippen LogP contribution < -0.4 is 5.32 Å². The van der Waals surface area contributed by atoms with Gasteiger partial charge in [0.05, 0.1) is 9.82 Å². The maximum Gasteiger partial charge on any atom is 0.269 e. The monoisotopic (exact) mass is 389 g/mol. The van der Waals surface area contributed by atoms with Gasteiger partial charge in [0.1, 0.15) is 0 Å². The minimum Gasteiger partial charge on any atom is -0.322 e. The lowest BCUT2D eigenvalue weighted by Gasteiger charge is -2.26. The number of nitro groups is 1. The molecule has 1 N–H and O–H groups in total. The molecule has 1 fully saturated rings. The van der Waals surface area contributed by atoms with Crippen LogP contribution in [0.4, 0.5) is 11.4 Å². The molecule has 0 unspecified atom stereocenters. The van der Waals surface area contributed by atoms with E-state index in [1.54, 1.807) is 12.1 Å². The van der Waals surface area contributed by atoms with Gasteiger partial charge >= 0.3 is 0 Å². The Hall–Kier alpha value is -2.78. The van der Waals surface area contributed by atoms with Crippen LogP contribution in [0.25, 0.3) is 0 Å². The normalized spacial score (nSPS) is 15.3. The lowest BCUT2D eigenvalue weighted by atomic mass is 10.2. The number of amides is 1. The van der Waals surface area contributed by atoms with Crippen molar-refractivity contribution in [1.82, 2.24) is 4.31 Å². The highest BCUT2D eigenvalue weighted by atomic mass is 32.2. The van der Waals surface area contributed by atoms with E-state index in [1.807, 2.05) is 0 Å². The van der Waals surface area contributed by atoms with Gasteiger partial charge < -0.3 is 5.32 Å². The van der Waals surface area contributed by atoms with Crippen molar-refractivity contribution in [2.45, 2.75) is 24.2 Å². The molecule has 2 aromatic carbocycles. The minimum atomic E-state index is -3.59. The molecule has 0 bridgehead atoms. The number of hydrogen-bond acceptors (Lipinski definition) is 5. The SMILES string of the molecule is O=C(Nc1cccc(S(=O)(=O)N2CCCCC2)c1)c1ccc([N+](=O)[O-])cc1. The summed E-state index contributed by atoms with van der Waals surface area (Å²) in [5, 5.41) is 13.3. The molecule has 0 radical (unpaired) electrons. The Bertz CT molecular complexity index is 951. The Balaban J connectivity index is 1.77. The van der Waals surface area contributed by atoms with Crippen LogP contribution in [0, 0.1) is 10.1 Å². The molecule has 0 atom stereocenters. The number of hydrogen-bond donors (Lipinski definition) is 1. The zero-order valence-electron chi connectivity index (χ0n) is 14.5. The largest absolute Gasteiger partial charge is 0.322 e. The number of nitrogens with one attached hydrogen (secondary N) is 1. The van der Waals surface area contributed by atoms with Gasteiger partial charge in [-0.3, -0.25) is 14.9 Å². The number of nitro benzene ring substituents is 1. The first kappa shape index (κ1) is 19.0. The lowest BCUT2D eigenvalue weighted by molar-refractivity contribution is -0.384. The number of nitrogens with zero attached hydrogens (tertiary/aromatic N) is 2. The third-order valence-corrected chi connectivity index (χ3v) is 6.28. The Kier molecular flexibility index (Phi) is 5.52. The Labute approximate surface area is 157 Å². The number of benzene rings is 2. The highest BCUT2D eigenvalue weighted by Crippen LogP contribution is 2.23. The first-order valence-electron chi connectivity index (χ1n) is 8.54. The van der Waals surface area contributed by atoms with Gasteiger partial charge in [-0.25, -0.2) is 8.42 Å². The average molecular weight is 389 g/mol. The number of carbonyl (C=O) groups is 1. The van der Waals surface area contributed by atoms with Gasteiger partial charge in [0.2, 0.25) is 10.0 Å². The van der Waals surface area contributed by atoms with Gasteiger partial charge in [0, 0.05) is 36.5 Å². The van der Waals surface area contributed by atoms with Crippen LogP contribution in [0.1, 0.15) is 29.6 Å². The zero-order valence-corrected chi connectivity index (χ0v) is 15.3. The topological polar surface area (TPSA) is 110 Å². The smallest absolute Gasteiger partial charge is 0.269 e. The second-order valence-corrected chi connectivity index (χ2v) is 8.19. The maximum atomic E-state index is 12.7. The van der Waals surface area contributed by atoms with Crippen molar-refractivity contribution in [2.24, 2.45) is 0 Å². The van der Waals surface area contributed by atoms with Gasteiger partial charge in [0.15, 0.2) is 0 Å². The molecule has 3 rings (SSSR count). The summed E-state index contributed by atoms with van der Waals surface area (Å²) >= 11 is 0. The van der Waals surface area contributed by atoms with Gasteiger partial charge in [-0.2, -0.15) is 4.31 Å². The van der Waals surface area contributed by atoms with Crippen LogP contribution >= 0.6 is 0 Å². The number of rotatable bonds is 5. The zero-order chi connectivity index (χ0) is 19.4. The van der Waals surface area contributed by atoms with E-state index in [9.17, 15) is 23.3 Å². The van der Waals surface area contributed by atoms with Crippen LogP contribution in [-0.2, 0) is 10.0 Å². The highest BCUT2D eigenvalue weighted by Gasteiger charge is 2.26. The lowest BCUT2D eigenvalue weighted by Crippen LogP contribution is -2.35. The predicted molar refractivity (Wildman–Crippen MR) is 100 cm³/mol. The van der Waals surface area contributed by atoms with Crippen LogP contribution in [0.5, 0.6) is 0 Å². The van der Waals surface area contributed by atoms with E-state index in [0.717, 1.165) is 19.3 Å². The summed E-state index contributed by atoms with van der Waals surface area (Å²) in [5.74, 6) is -0.475. The molecule has 27 heavy (non-hydrogen) atoms. The summed E-state index contributed by atoms with van der Waals surface area (Å²) < 4.78 is 27.0. The Morgan fingerprint density at radius 3 is 2.33 bits per heavy atom. The highest BCUT2D eigenvalue weighted by molar-refractivity contribution is 7.89. The molecule has 2 aromatic rings. The fourth-order valence-corrected chi connectivity index (χ4v) is 4.49. The van der Waals surface area contributed by atoms with Gasteiger partial charge in [-0.05, 0) is 43.2 Å². The van der Waals surface area contributed by atoms with E-state index in [1.165, 1.54) is 40.7 Å². The first-order chi connectivity index (χ1) is 12.9. The molecule has 1 amide bonds. The molecular formula is C18H19N3O5S. The fraction of sp³-hybridized carbons (Fsp3) is 0.278. The van der Waals surface area contributed by atoms with Crippen molar-refractivity contribution in [1.29, 1.82) is 0 Å². The molecule has 1 aliphatic rings. The van der Waals surface area contributed by atoms with Crippen LogP contribution in [-0.4, -0.2) is 36.6 Å². The molecule has 0 aliphatic carbocycles. The molecule has 0 saturated carbocycles. The Morgan fingerprint density at radius 1 is 1.04 bits per heavy atom. The molecule has 142 valence electrons. The van der Waals surface area contributed by atoms with Crippen molar-refractivity contribution >= 4 is 27.3 Å². The molecule has 8 nitrogen and oxygen atoms in total. The molecular weight excluding hydrogens is 370 g/mol. The summed E-state index contributed by atoms with van der Waals surface area (Å²) in [4.78, 5) is 22.6. The van der Waals surface area contributed by atoms with Gasteiger partial charge in [-0.15, -0.1) is 0 Å². The second kappa shape index (κ2) is 7.85. The van der Waals surface area contributed by atoms with E-state index in [2.05, 4.69) is 5.32 Å². The maximum absolute atomic E-state index is 12.7. The van der Waals surface area contributed by atoms with Crippen LogP contribution in [0.15, 0.2) is 53.4 Å². The van der Waals surface area contributed by atoms with Crippen molar-refractivity contribution in [3.05, 3.63) is 64.2 Å². The molecule has 9 heteroatoms. The summed E-state index contributed by atoms with van der Waals surface area (Å²) in [5.41, 5.74) is 0.475. The predicted octanol–water partition coefficient (Wildman–Crippen LogP) is 3.02. The number of non-ortho nitro benzene ring substituents is 1. The molecule has 0 spiro atoms. The second-order valence-electron chi connectivity index (χ2n) is 6.25. The standard InChI is InChI=1S/C18H19N3O5S/c22-18(14-7-9-16(10-8-14)21(23)24)19-15-5-4-6-17(13-15)27(25,26)20-11-2-1-3-12-20/h4-10,13H,1-3,11-12H2,(H,19,22). The number of piperidine rings is 1. The molecule has 1 saturated heterocycles. The summed E-state index contributed by atoms with van der Waals surface area (Å²) in [6.07, 6.45) is 2.71. The van der Waals surface area contributed by atoms with Gasteiger partial charge in [-0.1, -0.05) is 12.5 Å². The molecule has 1 aliphatic heterocycles. The third-order valence-electron chi connectivity index (χ3n) is 4.39. The van der Waals surface area contributed by atoms with E-state index in [0.29, 0.717) is 18.8 Å². The summed E-state index contributed by atoms with van der Waals surface area (Å²) in [6.45, 7) is 1.00. The van der Waals surface area contributed by atoms with E-state index in [-0.39, 0.29) is 16.1 Å². The quantitative estimate of drug-likeness (QED) is 0.624. The number of carbonyl (C=O) groups excluding carboxylic acids is 1. The molecule has 1 heterocycles.